The molecule has 1 aromatic carbocycles. The molecular formula is C15H23NO2. The van der Waals surface area contributed by atoms with Gasteiger partial charge in [-0.2, -0.15) is 0 Å². The first-order chi connectivity index (χ1) is 8.79. The number of ether oxygens (including phenoxy) is 1. The van der Waals surface area contributed by atoms with Crippen LogP contribution in [0.25, 0.3) is 0 Å². The van der Waals surface area contributed by atoms with E-state index >= 15 is 0 Å². The molecule has 0 spiro atoms. The van der Waals surface area contributed by atoms with Crippen molar-refractivity contribution in [1.29, 1.82) is 0 Å². The van der Waals surface area contributed by atoms with Crippen LogP contribution in [0, 0.1) is 5.92 Å². The van der Waals surface area contributed by atoms with Crippen molar-refractivity contribution < 1.29 is 9.84 Å². The van der Waals surface area contributed by atoms with Crippen LogP contribution in [0.5, 0.6) is 0 Å². The van der Waals surface area contributed by atoms with Crippen molar-refractivity contribution in [2.24, 2.45) is 5.92 Å². The fourth-order valence-corrected chi connectivity index (χ4v) is 2.53. The van der Waals surface area contributed by atoms with E-state index in [9.17, 15) is 5.11 Å². The van der Waals surface area contributed by atoms with Gasteiger partial charge in [-0.3, -0.25) is 0 Å². The van der Waals surface area contributed by atoms with Crippen molar-refractivity contribution in [3.05, 3.63) is 35.9 Å². The Morgan fingerprint density at radius 2 is 2.17 bits per heavy atom. The lowest BCUT2D eigenvalue weighted by Gasteiger charge is -2.25. The molecular weight excluding hydrogens is 226 g/mol. The van der Waals surface area contributed by atoms with Gasteiger partial charge in [0, 0.05) is 18.7 Å². The number of nitrogens with one attached hydrogen (secondary N) is 1. The molecule has 1 heterocycles. The van der Waals surface area contributed by atoms with Crippen molar-refractivity contribution in [3.63, 3.8) is 0 Å². The summed E-state index contributed by atoms with van der Waals surface area (Å²) in [5.74, 6) is 0.579. The first kappa shape index (κ1) is 13.5. The summed E-state index contributed by atoms with van der Waals surface area (Å²) in [4.78, 5) is 0. The SMILES string of the molecule is CC(N[C@@H](CO)Cc1ccccc1)C1CCOC1. The first-order valence-corrected chi connectivity index (χ1v) is 6.78. The van der Waals surface area contributed by atoms with Crippen molar-refractivity contribution in [2.45, 2.75) is 31.8 Å². The van der Waals surface area contributed by atoms with Gasteiger partial charge in [-0.05, 0) is 31.2 Å². The van der Waals surface area contributed by atoms with Crippen LogP contribution >= 0.6 is 0 Å². The zero-order valence-corrected chi connectivity index (χ0v) is 11.0. The molecule has 2 N–H and O–H groups in total. The summed E-state index contributed by atoms with van der Waals surface area (Å²) in [6, 6.07) is 10.8. The molecule has 0 radical (unpaired) electrons. The third-order valence-corrected chi connectivity index (χ3v) is 3.72. The normalized spacial score (nSPS) is 22.9. The van der Waals surface area contributed by atoms with E-state index in [-0.39, 0.29) is 12.6 Å². The molecule has 1 aromatic rings. The molecule has 100 valence electrons. The molecule has 0 aliphatic carbocycles. The molecule has 1 saturated heterocycles. The second-order valence-electron chi connectivity index (χ2n) is 5.15. The predicted molar refractivity (Wildman–Crippen MR) is 72.5 cm³/mol. The van der Waals surface area contributed by atoms with E-state index < -0.39 is 0 Å². The standard InChI is InChI=1S/C15H23NO2/c1-12(14-7-8-18-11-14)16-15(10-17)9-13-5-3-2-4-6-13/h2-6,12,14-17H,7-11H2,1H3/t12?,14?,15-/m1/s1. The van der Waals surface area contributed by atoms with Crippen LogP contribution in [0.3, 0.4) is 0 Å². The van der Waals surface area contributed by atoms with Gasteiger partial charge < -0.3 is 15.2 Å². The summed E-state index contributed by atoms with van der Waals surface area (Å²) in [5, 5.41) is 13.0. The predicted octanol–water partition coefficient (Wildman–Crippen LogP) is 1.60. The van der Waals surface area contributed by atoms with Gasteiger partial charge in [-0.15, -0.1) is 0 Å². The smallest absolute Gasteiger partial charge is 0.0587 e. The summed E-state index contributed by atoms with van der Waals surface area (Å²) >= 11 is 0. The second-order valence-corrected chi connectivity index (χ2v) is 5.15. The van der Waals surface area contributed by atoms with E-state index in [4.69, 9.17) is 4.74 Å². The third kappa shape index (κ3) is 3.80. The van der Waals surface area contributed by atoms with Gasteiger partial charge >= 0.3 is 0 Å². The van der Waals surface area contributed by atoms with Crippen LogP contribution in [0.15, 0.2) is 30.3 Å². The van der Waals surface area contributed by atoms with Crippen LogP contribution < -0.4 is 5.32 Å². The highest BCUT2D eigenvalue weighted by Crippen LogP contribution is 2.17. The lowest BCUT2D eigenvalue weighted by atomic mass is 9.98. The molecule has 3 nitrogen and oxygen atoms in total. The maximum Gasteiger partial charge on any atom is 0.0587 e. The van der Waals surface area contributed by atoms with Crippen molar-refractivity contribution in [1.82, 2.24) is 5.32 Å². The molecule has 18 heavy (non-hydrogen) atoms. The Labute approximate surface area is 109 Å². The summed E-state index contributed by atoms with van der Waals surface area (Å²) in [6.45, 7) is 4.08. The van der Waals surface area contributed by atoms with E-state index in [1.165, 1.54) is 5.56 Å². The van der Waals surface area contributed by atoms with Crippen LogP contribution in [0.1, 0.15) is 18.9 Å². The highest BCUT2D eigenvalue weighted by Gasteiger charge is 2.24. The summed E-state index contributed by atoms with van der Waals surface area (Å²) in [6.07, 6.45) is 1.99. The maximum absolute atomic E-state index is 9.49. The first-order valence-electron chi connectivity index (χ1n) is 6.78. The number of aliphatic hydroxyl groups excluding tert-OH is 1. The average molecular weight is 249 g/mol. The molecule has 3 atom stereocenters. The van der Waals surface area contributed by atoms with Crippen LogP contribution in [0.2, 0.25) is 0 Å². The van der Waals surface area contributed by atoms with Crippen molar-refractivity contribution in [2.75, 3.05) is 19.8 Å². The van der Waals surface area contributed by atoms with E-state index in [1.807, 2.05) is 18.2 Å². The molecule has 0 aromatic heterocycles. The van der Waals surface area contributed by atoms with Crippen molar-refractivity contribution >= 4 is 0 Å². The molecule has 1 fully saturated rings. The van der Waals surface area contributed by atoms with Gasteiger partial charge in [0.1, 0.15) is 0 Å². The fourth-order valence-electron chi connectivity index (χ4n) is 2.53. The lowest BCUT2D eigenvalue weighted by Crippen LogP contribution is -2.44. The molecule has 0 bridgehead atoms. The number of hydrogen-bond donors (Lipinski definition) is 2. The monoisotopic (exact) mass is 249 g/mol. The Bertz CT molecular complexity index is 336. The van der Waals surface area contributed by atoms with E-state index in [2.05, 4.69) is 24.4 Å². The van der Waals surface area contributed by atoms with Crippen LogP contribution in [-0.2, 0) is 11.2 Å². The van der Waals surface area contributed by atoms with Gasteiger partial charge in [0.2, 0.25) is 0 Å². The van der Waals surface area contributed by atoms with Gasteiger partial charge in [-0.25, -0.2) is 0 Å². The zero-order chi connectivity index (χ0) is 12.8. The lowest BCUT2D eigenvalue weighted by molar-refractivity contribution is 0.170. The van der Waals surface area contributed by atoms with E-state index in [0.717, 1.165) is 26.1 Å². The van der Waals surface area contributed by atoms with E-state index in [0.29, 0.717) is 12.0 Å². The number of rotatable bonds is 6. The van der Waals surface area contributed by atoms with Gasteiger partial charge in [0.15, 0.2) is 0 Å². The summed E-state index contributed by atoms with van der Waals surface area (Å²) < 4.78 is 5.41. The Morgan fingerprint density at radius 1 is 1.39 bits per heavy atom. The molecule has 2 unspecified atom stereocenters. The highest BCUT2D eigenvalue weighted by atomic mass is 16.5. The Morgan fingerprint density at radius 3 is 2.78 bits per heavy atom. The Hall–Kier alpha value is -0.900. The minimum Gasteiger partial charge on any atom is -0.395 e. The Kier molecular flexibility index (Phi) is 5.17. The van der Waals surface area contributed by atoms with Crippen molar-refractivity contribution in [3.8, 4) is 0 Å². The van der Waals surface area contributed by atoms with Crippen LogP contribution in [0.4, 0.5) is 0 Å². The quantitative estimate of drug-likeness (QED) is 0.804. The van der Waals surface area contributed by atoms with Gasteiger partial charge in [0.25, 0.3) is 0 Å². The summed E-state index contributed by atoms with van der Waals surface area (Å²) in [7, 11) is 0. The molecule has 3 heteroatoms. The average Bonchev–Trinajstić information content (AvgIpc) is 2.93. The Balaban J connectivity index is 1.85. The molecule has 0 saturated carbocycles. The van der Waals surface area contributed by atoms with Gasteiger partial charge in [0.05, 0.1) is 13.2 Å². The highest BCUT2D eigenvalue weighted by molar-refractivity contribution is 5.16. The molecule has 1 aliphatic heterocycles. The largest absolute Gasteiger partial charge is 0.395 e. The minimum atomic E-state index is 0.128. The topological polar surface area (TPSA) is 41.5 Å². The minimum absolute atomic E-state index is 0.128. The molecule has 1 aliphatic rings. The third-order valence-electron chi connectivity index (χ3n) is 3.72. The van der Waals surface area contributed by atoms with Crippen LogP contribution in [-0.4, -0.2) is 37.0 Å². The van der Waals surface area contributed by atoms with E-state index in [1.54, 1.807) is 0 Å². The van der Waals surface area contributed by atoms with Gasteiger partial charge in [-0.1, -0.05) is 30.3 Å². The number of hydrogen-bond acceptors (Lipinski definition) is 3. The molecule has 0 amide bonds. The summed E-state index contributed by atoms with van der Waals surface area (Å²) in [5.41, 5.74) is 1.26. The molecule has 2 rings (SSSR count). The second kappa shape index (κ2) is 6.88. The fraction of sp³-hybridized carbons (Fsp3) is 0.600. The number of benzene rings is 1. The zero-order valence-electron chi connectivity index (χ0n) is 11.0. The maximum atomic E-state index is 9.49. The number of aliphatic hydroxyl groups is 1.